The van der Waals surface area contributed by atoms with Gasteiger partial charge in [-0.1, -0.05) is 24.3 Å². The molecule has 0 unspecified atom stereocenters. The number of ether oxygens (including phenoxy) is 1. The molecule has 2 aromatic carbocycles. The fraction of sp³-hybridized carbons (Fsp3) is 0.312. The van der Waals surface area contributed by atoms with Crippen molar-refractivity contribution in [2.45, 2.75) is 38.3 Å². The number of carbonyl (C=O) groups is 3. The summed E-state index contributed by atoms with van der Waals surface area (Å²) in [5.74, 6) is -1.42. The fourth-order valence-corrected chi connectivity index (χ4v) is 5.88. The molecule has 0 bridgehead atoms. The number of aromatic nitrogens is 5. The smallest absolute Gasteiger partial charge is 0.305 e. The molecule has 14 nitrogen and oxygen atoms in total. The number of rotatable bonds is 12. The van der Waals surface area contributed by atoms with Crippen LogP contribution in [-0.4, -0.2) is 79.1 Å². The maximum Gasteiger partial charge on any atom is 0.305 e. The Morgan fingerprint density at radius 3 is 2.57 bits per heavy atom. The molecule has 1 fully saturated rings. The number of carboxylic acid groups (broad SMARTS) is 2. The first-order valence-corrected chi connectivity index (χ1v) is 15.0. The van der Waals surface area contributed by atoms with Crippen molar-refractivity contribution >= 4 is 51.3 Å². The highest BCUT2D eigenvalue weighted by Crippen LogP contribution is 2.38. The van der Waals surface area contributed by atoms with Crippen LogP contribution in [0.25, 0.3) is 33.2 Å². The summed E-state index contributed by atoms with van der Waals surface area (Å²) in [5.41, 5.74) is 3.44. The zero-order chi connectivity index (χ0) is 32.2. The van der Waals surface area contributed by atoms with Gasteiger partial charge in [0.05, 0.1) is 37.1 Å². The number of nitrogens with one attached hydrogen (secondary N) is 3. The van der Waals surface area contributed by atoms with Gasteiger partial charge in [0.15, 0.2) is 5.65 Å². The summed E-state index contributed by atoms with van der Waals surface area (Å²) in [5, 5.41) is 34.4. The Kier molecular flexibility index (Phi) is 8.79. The summed E-state index contributed by atoms with van der Waals surface area (Å²) in [7, 11) is 1.51. The van der Waals surface area contributed by atoms with Gasteiger partial charge in [-0.05, 0) is 50.2 Å². The predicted molar refractivity (Wildman–Crippen MR) is 171 cm³/mol. The number of aliphatic carboxylic acids is 2. The molecule has 14 heteroatoms. The van der Waals surface area contributed by atoms with Gasteiger partial charge in [0.1, 0.15) is 29.3 Å². The number of amides is 1. The van der Waals surface area contributed by atoms with Gasteiger partial charge in [-0.2, -0.15) is 5.10 Å². The normalized spacial score (nSPS) is 13.6. The molecule has 1 amide bonds. The number of piperidine rings is 1. The van der Waals surface area contributed by atoms with E-state index in [-0.39, 0.29) is 32.0 Å². The number of anilines is 2. The molecule has 1 saturated heterocycles. The molecule has 0 atom stereocenters. The third-order valence-electron chi connectivity index (χ3n) is 8.09. The lowest BCUT2D eigenvalue weighted by Gasteiger charge is -2.23. The van der Waals surface area contributed by atoms with Crippen LogP contribution in [0.3, 0.4) is 0 Å². The van der Waals surface area contributed by atoms with Gasteiger partial charge in [-0.3, -0.25) is 14.4 Å². The maximum atomic E-state index is 13.6. The van der Waals surface area contributed by atoms with E-state index in [2.05, 4.69) is 25.9 Å². The van der Waals surface area contributed by atoms with Crippen LogP contribution in [0.1, 0.15) is 42.2 Å². The number of benzene rings is 2. The Balaban J connectivity index is 1.36. The molecular weight excluding hydrogens is 592 g/mol. The zero-order valence-electron chi connectivity index (χ0n) is 25.2. The molecule has 1 aliphatic heterocycles. The lowest BCUT2D eigenvalue weighted by Crippen LogP contribution is -2.30. The summed E-state index contributed by atoms with van der Waals surface area (Å²) in [4.78, 5) is 45.1. The lowest BCUT2D eigenvalue weighted by molar-refractivity contribution is -0.138. The van der Waals surface area contributed by atoms with Crippen molar-refractivity contribution in [2.75, 3.05) is 37.4 Å². The summed E-state index contributed by atoms with van der Waals surface area (Å²) in [6.45, 7) is 2.03. The van der Waals surface area contributed by atoms with Crippen molar-refractivity contribution in [1.82, 2.24) is 29.6 Å². The Morgan fingerprint density at radius 2 is 1.80 bits per heavy atom. The SMILES string of the molecule is COc1cc(-c2nn(C3CCNCC3)c3ncnc(NCCC(=O)O)c23)ccc1NC(=O)c1cc2ccccc2n1CCC(=O)O. The van der Waals surface area contributed by atoms with Crippen LogP contribution in [0.15, 0.2) is 54.9 Å². The van der Waals surface area contributed by atoms with Crippen molar-refractivity contribution in [1.29, 1.82) is 0 Å². The first-order chi connectivity index (χ1) is 22.3. The molecule has 4 heterocycles. The Hall–Kier alpha value is -5.50. The van der Waals surface area contributed by atoms with Crippen molar-refractivity contribution < 1.29 is 29.3 Å². The topological polar surface area (TPSA) is 186 Å². The van der Waals surface area contributed by atoms with E-state index >= 15 is 0 Å². The first-order valence-electron chi connectivity index (χ1n) is 15.0. The number of fused-ring (bicyclic) bond motifs is 2. The highest BCUT2D eigenvalue weighted by atomic mass is 16.5. The molecule has 3 aromatic heterocycles. The number of nitrogens with zero attached hydrogens (tertiary/aromatic N) is 5. The standard InChI is InChI=1S/C32H34N8O6/c1-46-25-17-20(6-7-22(25)37-32(45)24-16-19-4-2-3-5-23(19)39(24)15-11-27(43)44)29-28-30(34-14-10-26(41)42)35-18-36-31(28)40(38-29)21-8-12-33-13-9-21/h2-7,16-18,21,33H,8-15H2,1H3,(H,37,45)(H,41,42)(H,43,44)(H,34,35,36). The van der Waals surface area contributed by atoms with Crippen LogP contribution >= 0.6 is 0 Å². The van der Waals surface area contributed by atoms with Crippen LogP contribution in [0.5, 0.6) is 5.75 Å². The monoisotopic (exact) mass is 626 g/mol. The Labute approximate surface area is 263 Å². The van der Waals surface area contributed by atoms with E-state index in [0.717, 1.165) is 36.8 Å². The quantitative estimate of drug-likeness (QED) is 0.135. The molecular formula is C32H34N8O6. The van der Waals surface area contributed by atoms with Gasteiger partial charge in [0.25, 0.3) is 5.91 Å². The second kappa shape index (κ2) is 13.2. The lowest BCUT2D eigenvalue weighted by atomic mass is 10.1. The number of aryl methyl sites for hydroxylation is 1. The van der Waals surface area contributed by atoms with Gasteiger partial charge >= 0.3 is 11.9 Å². The fourth-order valence-electron chi connectivity index (χ4n) is 5.88. The number of hydrogen-bond acceptors (Lipinski definition) is 9. The average molecular weight is 627 g/mol. The molecule has 0 spiro atoms. The van der Waals surface area contributed by atoms with Crippen LogP contribution < -0.4 is 20.7 Å². The molecule has 46 heavy (non-hydrogen) atoms. The molecule has 0 aliphatic carbocycles. The van der Waals surface area contributed by atoms with E-state index in [1.165, 1.54) is 13.4 Å². The van der Waals surface area contributed by atoms with E-state index in [4.69, 9.17) is 14.9 Å². The largest absolute Gasteiger partial charge is 0.495 e. The van der Waals surface area contributed by atoms with Crippen LogP contribution in [0, 0.1) is 0 Å². The van der Waals surface area contributed by atoms with Crippen molar-refractivity contribution in [3.05, 3.63) is 60.6 Å². The summed E-state index contributed by atoms with van der Waals surface area (Å²) in [6.07, 6.45) is 2.98. The third kappa shape index (κ3) is 6.19. The van der Waals surface area contributed by atoms with E-state index in [0.29, 0.717) is 45.2 Å². The van der Waals surface area contributed by atoms with E-state index in [1.54, 1.807) is 22.8 Å². The van der Waals surface area contributed by atoms with E-state index < -0.39 is 17.8 Å². The van der Waals surface area contributed by atoms with Gasteiger partial charge in [-0.15, -0.1) is 0 Å². The second-order valence-corrected chi connectivity index (χ2v) is 11.0. The number of para-hydroxylation sites is 1. The van der Waals surface area contributed by atoms with Crippen LogP contribution in [0.2, 0.25) is 0 Å². The maximum absolute atomic E-state index is 13.6. The molecule has 5 aromatic rings. The Bertz CT molecular complexity index is 1930. The predicted octanol–water partition coefficient (Wildman–Crippen LogP) is 3.99. The minimum atomic E-state index is -0.956. The van der Waals surface area contributed by atoms with Gasteiger partial charge in [-0.25, -0.2) is 14.6 Å². The molecule has 0 saturated carbocycles. The highest BCUT2D eigenvalue weighted by molar-refractivity contribution is 6.07. The van der Waals surface area contributed by atoms with Crippen molar-refractivity contribution in [3.8, 4) is 17.0 Å². The molecule has 6 rings (SSSR count). The van der Waals surface area contributed by atoms with E-state index in [9.17, 15) is 19.5 Å². The average Bonchev–Trinajstić information content (AvgIpc) is 3.64. The van der Waals surface area contributed by atoms with Crippen LogP contribution in [-0.2, 0) is 16.1 Å². The van der Waals surface area contributed by atoms with E-state index in [1.807, 2.05) is 35.0 Å². The van der Waals surface area contributed by atoms with Gasteiger partial charge < -0.3 is 35.5 Å². The summed E-state index contributed by atoms with van der Waals surface area (Å²) in [6, 6.07) is 14.6. The van der Waals surface area contributed by atoms with Crippen LogP contribution in [0.4, 0.5) is 11.5 Å². The van der Waals surface area contributed by atoms with Crippen molar-refractivity contribution in [2.24, 2.45) is 0 Å². The zero-order valence-corrected chi connectivity index (χ0v) is 25.2. The molecule has 238 valence electrons. The minimum Gasteiger partial charge on any atom is -0.495 e. The van der Waals surface area contributed by atoms with Gasteiger partial charge in [0.2, 0.25) is 0 Å². The molecule has 1 aliphatic rings. The first kappa shape index (κ1) is 30.5. The number of carboxylic acids is 2. The Morgan fingerprint density at radius 1 is 1.02 bits per heavy atom. The summed E-state index contributed by atoms with van der Waals surface area (Å²) < 4.78 is 9.35. The second-order valence-electron chi connectivity index (χ2n) is 11.0. The number of hydrogen-bond donors (Lipinski definition) is 5. The molecule has 0 radical (unpaired) electrons. The molecule has 5 N–H and O–H groups in total. The minimum absolute atomic E-state index is 0.0826. The van der Waals surface area contributed by atoms with Gasteiger partial charge in [0, 0.05) is 29.6 Å². The summed E-state index contributed by atoms with van der Waals surface area (Å²) >= 11 is 0. The van der Waals surface area contributed by atoms with Crippen molar-refractivity contribution in [3.63, 3.8) is 0 Å². The third-order valence-corrected chi connectivity index (χ3v) is 8.09. The number of carbonyl (C=O) groups excluding carboxylic acids is 1. The highest BCUT2D eigenvalue weighted by Gasteiger charge is 2.25. The number of methoxy groups -OCH3 is 1.